The lowest BCUT2D eigenvalue weighted by Gasteiger charge is -2.19. The summed E-state index contributed by atoms with van der Waals surface area (Å²) < 4.78 is 8.02. The van der Waals surface area contributed by atoms with Gasteiger partial charge < -0.3 is 13.9 Å². The minimum absolute atomic E-state index is 0.0318. The van der Waals surface area contributed by atoms with Crippen molar-refractivity contribution in [2.24, 2.45) is 0 Å². The third-order valence-electron chi connectivity index (χ3n) is 4.56. The van der Waals surface area contributed by atoms with E-state index in [0.29, 0.717) is 5.58 Å². The molecule has 2 aromatic carbocycles. The first kappa shape index (κ1) is 15.5. The molecule has 0 atom stereocenters. The Hall–Kier alpha value is -3.01. The molecule has 0 aliphatic heterocycles. The highest BCUT2D eigenvalue weighted by Gasteiger charge is 2.13. The quantitative estimate of drug-likeness (QED) is 0.545. The van der Waals surface area contributed by atoms with Gasteiger partial charge in [0.1, 0.15) is 11.3 Å². The van der Waals surface area contributed by atoms with Crippen LogP contribution in [0.1, 0.15) is 11.5 Å². The van der Waals surface area contributed by atoms with Crippen LogP contribution in [0.15, 0.2) is 57.7 Å². The first-order chi connectivity index (χ1) is 11.9. The normalized spacial score (nSPS) is 11.4. The Bertz CT molecular complexity index is 1130. The van der Waals surface area contributed by atoms with Crippen LogP contribution in [-0.2, 0) is 0 Å². The molecule has 0 amide bonds. The Labute approximate surface area is 145 Å². The van der Waals surface area contributed by atoms with Crippen molar-refractivity contribution in [3.8, 4) is 5.69 Å². The first-order valence-corrected chi connectivity index (χ1v) is 8.28. The number of benzene rings is 2. The van der Waals surface area contributed by atoms with E-state index in [0.717, 1.165) is 39.1 Å². The molecular weight excluding hydrogens is 312 g/mol. The Kier molecular flexibility index (Phi) is 3.42. The van der Waals surface area contributed by atoms with E-state index in [4.69, 9.17) is 4.42 Å². The summed E-state index contributed by atoms with van der Waals surface area (Å²) in [6.07, 6.45) is 0. The molecule has 4 aromatic rings. The van der Waals surface area contributed by atoms with Crippen molar-refractivity contribution in [3.05, 3.63) is 70.2 Å². The molecule has 126 valence electrons. The van der Waals surface area contributed by atoms with E-state index in [1.165, 1.54) is 0 Å². The van der Waals surface area contributed by atoms with E-state index in [9.17, 15) is 4.79 Å². The zero-order chi connectivity index (χ0) is 17.7. The molecule has 0 radical (unpaired) electrons. The Balaban J connectivity index is 2.09. The predicted molar refractivity (Wildman–Crippen MR) is 103 cm³/mol. The first-order valence-electron chi connectivity index (χ1n) is 8.28. The van der Waals surface area contributed by atoms with Crippen LogP contribution in [0.25, 0.3) is 27.6 Å². The molecule has 0 fully saturated rings. The van der Waals surface area contributed by atoms with Gasteiger partial charge in [-0.25, -0.2) is 0 Å². The van der Waals surface area contributed by atoms with Crippen molar-refractivity contribution in [2.45, 2.75) is 13.8 Å². The van der Waals surface area contributed by atoms with Crippen molar-refractivity contribution in [3.63, 3.8) is 0 Å². The van der Waals surface area contributed by atoms with Gasteiger partial charge in [-0.05, 0) is 55.6 Å². The van der Waals surface area contributed by atoms with Gasteiger partial charge >= 0.3 is 0 Å². The summed E-state index contributed by atoms with van der Waals surface area (Å²) in [5.41, 5.74) is 4.96. The summed E-state index contributed by atoms with van der Waals surface area (Å²) in [6, 6.07) is 15.8. The molecule has 4 heteroatoms. The predicted octanol–water partition coefficient (Wildman–Crippen LogP) is 4.42. The van der Waals surface area contributed by atoms with Gasteiger partial charge in [-0.15, -0.1) is 0 Å². The van der Waals surface area contributed by atoms with Crippen LogP contribution in [0.4, 0.5) is 5.69 Å². The summed E-state index contributed by atoms with van der Waals surface area (Å²) in [6.45, 7) is 3.97. The van der Waals surface area contributed by atoms with Crippen molar-refractivity contribution in [2.75, 3.05) is 19.0 Å². The van der Waals surface area contributed by atoms with Crippen LogP contribution < -0.4 is 10.3 Å². The summed E-state index contributed by atoms with van der Waals surface area (Å²) in [7, 11) is 4.06. The van der Waals surface area contributed by atoms with Gasteiger partial charge in [-0.2, -0.15) is 0 Å². The molecule has 0 bridgehead atoms. The van der Waals surface area contributed by atoms with Crippen LogP contribution in [0.3, 0.4) is 0 Å². The zero-order valence-corrected chi connectivity index (χ0v) is 14.8. The highest BCUT2D eigenvalue weighted by Crippen LogP contribution is 2.31. The molecule has 4 rings (SSSR count). The van der Waals surface area contributed by atoms with Crippen LogP contribution in [-0.4, -0.2) is 18.7 Å². The Morgan fingerprint density at radius 3 is 2.36 bits per heavy atom. The molecule has 25 heavy (non-hydrogen) atoms. The third-order valence-corrected chi connectivity index (χ3v) is 4.56. The highest BCUT2D eigenvalue weighted by atomic mass is 16.3. The molecule has 2 aromatic heterocycles. The topological polar surface area (TPSA) is 38.4 Å². The summed E-state index contributed by atoms with van der Waals surface area (Å²) in [5, 5.41) is 1.90. The van der Waals surface area contributed by atoms with Gasteiger partial charge in [0.25, 0.3) is 0 Å². The SMILES string of the molecule is Cc1cc2c3c(cc(C)n2-c2ccc(N(C)C)cc2)cc(=O)cc3o1. The molecule has 0 saturated heterocycles. The van der Waals surface area contributed by atoms with E-state index >= 15 is 0 Å². The fourth-order valence-corrected chi connectivity index (χ4v) is 3.45. The molecule has 0 N–H and O–H groups in total. The zero-order valence-electron chi connectivity index (χ0n) is 14.8. The monoisotopic (exact) mass is 332 g/mol. The lowest BCUT2D eigenvalue weighted by Crippen LogP contribution is -2.09. The number of aromatic nitrogens is 1. The molecule has 0 aliphatic carbocycles. The number of hydrogen-bond donors (Lipinski definition) is 0. The minimum atomic E-state index is -0.0318. The van der Waals surface area contributed by atoms with Gasteiger partial charge in [0.05, 0.1) is 5.52 Å². The Morgan fingerprint density at radius 1 is 0.960 bits per heavy atom. The van der Waals surface area contributed by atoms with Crippen LogP contribution in [0, 0.1) is 13.8 Å². The number of hydrogen-bond acceptors (Lipinski definition) is 3. The molecule has 2 heterocycles. The average molecular weight is 332 g/mol. The molecule has 0 unspecified atom stereocenters. The van der Waals surface area contributed by atoms with Crippen molar-refractivity contribution < 1.29 is 4.42 Å². The Morgan fingerprint density at radius 2 is 1.68 bits per heavy atom. The molecule has 0 aliphatic rings. The molecule has 4 nitrogen and oxygen atoms in total. The van der Waals surface area contributed by atoms with Crippen molar-refractivity contribution >= 4 is 27.6 Å². The second-order valence-electron chi connectivity index (χ2n) is 6.66. The highest BCUT2D eigenvalue weighted by molar-refractivity contribution is 6.06. The summed E-state index contributed by atoms with van der Waals surface area (Å²) >= 11 is 0. The van der Waals surface area contributed by atoms with Crippen LogP contribution >= 0.6 is 0 Å². The van der Waals surface area contributed by atoms with Gasteiger partial charge in [-0.1, -0.05) is 0 Å². The number of anilines is 1. The fourth-order valence-electron chi connectivity index (χ4n) is 3.45. The van der Waals surface area contributed by atoms with Crippen molar-refractivity contribution in [1.82, 2.24) is 4.57 Å². The molecular formula is C21H20N2O2. The second kappa shape index (κ2) is 5.52. The van der Waals surface area contributed by atoms with E-state index in [-0.39, 0.29) is 5.43 Å². The number of nitrogens with zero attached hydrogens (tertiary/aromatic N) is 2. The van der Waals surface area contributed by atoms with Crippen molar-refractivity contribution in [1.29, 1.82) is 0 Å². The minimum Gasteiger partial charge on any atom is -0.461 e. The fraction of sp³-hybridized carbons (Fsp3) is 0.190. The number of aryl methyl sites for hydroxylation is 2. The second-order valence-corrected chi connectivity index (χ2v) is 6.66. The van der Waals surface area contributed by atoms with Gasteiger partial charge in [0.2, 0.25) is 0 Å². The average Bonchev–Trinajstić information content (AvgIpc) is 2.54. The standard InChI is InChI=1S/C21H20N2O2/c1-13-9-15-11-18(24)12-20-21(15)19(10-14(2)25-20)23(13)17-7-5-16(6-8-17)22(3)4/h5-12H,1-4H3. The van der Waals surface area contributed by atoms with Crippen LogP contribution in [0.2, 0.25) is 0 Å². The van der Waals surface area contributed by atoms with E-state index in [1.807, 2.05) is 33.2 Å². The molecule has 0 saturated carbocycles. The number of rotatable bonds is 2. The van der Waals surface area contributed by atoms with E-state index in [1.54, 1.807) is 12.1 Å². The van der Waals surface area contributed by atoms with Gasteiger partial charge in [0.15, 0.2) is 5.43 Å². The van der Waals surface area contributed by atoms with Gasteiger partial charge in [-0.3, -0.25) is 4.79 Å². The third kappa shape index (κ3) is 2.50. The maximum Gasteiger partial charge on any atom is 0.182 e. The maximum atomic E-state index is 12.0. The summed E-state index contributed by atoms with van der Waals surface area (Å²) in [4.78, 5) is 14.0. The maximum absolute atomic E-state index is 12.0. The van der Waals surface area contributed by atoms with Crippen LogP contribution in [0.5, 0.6) is 0 Å². The van der Waals surface area contributed by atoms with E-state index in [2.05, 4.69) is 40.7 Å². The molecule has 0 spiro atoms. The number of pyridine rings is 1. The lowest BCUT2D eigenvalue weighted by molar-refractivity contribution is 0.567. The summed E-state index contributed by atoms with van der Waals surface area (Å²) in [5.74, 6) is 0.781. The van der Waals surface area contributed by atoms with E-state index < -0.39 is 0 Å². The van der Waals surface area contributed by atoms with Gasteiger partial charge in [0, 0.05) is 48.7 Å². The smallest absolute Gasteiger partial charge is 0.182 e. The largest absolute Gasteiger partial charge is 0.461 e. The lowest BCUT2D eigenvalue weighted by atomic mass is 10.1.